The molecule has 1 saturated heterocycles. The van der Waals surface area contributed by atoms with Crippen LogP contribution in [0.3, 0.4) is 0 Å². The molecule has 0 aromatic carbocycles. The maximum Gasteiger partial charge on any atom is 0.326 e. The van der Waals surface area contributed by atoms with Crippen LogP contribution in [-0.4, -0.2) is 49.4 Å². The number of methoxy groups -OCH3 is 1. The van der Waals surface area contributed by atoms with E-state index in [1.807, 2.05) is 13.8 Å². The van der Waals surface area contributed by atoms with Crippen LogP contribution < -0.4 is 5.32 Å². The second-order valence-corrected chi connectivity index (χ2v) is 10.3. The van der Waals surface area contributed by atoms with E-state index in [-0.39, 0.29) is 18.2 Å². The molecule has 1 N–H and O–H groups in total. The molecule has 2 heterocycles. The third kappa shape index (κ3) is 4.23. The fourth-order valence-electron chi connectivity index (χ4n) is 6.66. The number of carbonyl (C=O) groups is 5. The Balaban J connectivity index is 1.71. The maximum atomic E-state index is 14.0. The summed E-state index contributed by atoms with van der Waals surface area (Å²) in [5.41, 5.74) is -0.957. The van der Waals surface area contributed by atoms with Crippen molar-refractivity contribution in [3.05, 3.63) is 24.2 Å². The van der Waals surface area contributed by atoms with Crippen LogP contribution in [0.2, 0.25) is 0 Å². The lowest BCUT2D eigenvalue weighted by Crippen LogP contribution is -2.65. The number of esters is 3. The van der Waals surface area contributed by atoms with Gasteiger partial charge in [-0.3, -0.25) is 24.0 Å². The van der Waals surface area contributed by atoms with Crippen LogP contribution >= 0.6 is 0 Å². The van der Waals surface area contributed by atoms with Crippen LogP contribution in [-0.2, 0) is 38.2 Å². The molecule has 2 saturated carbocycles. The van der Waals surface area contributed by atoms with E-state index < -0.39 is 65.2 Å². The quantitative estimate of drug-likeness (QED) is 0.487. The molecule has 1 aliphatic heterocycles. The van der Waals surface area contributed by atoms with Crippen LogP contribution in [0.4, 0.5) is 0 Å². The number of furan rings is 1. The molecule has 0 radical (unpaired) electrons. The molecule has 2 aliphatic carbocycles. The first-order chi connectivity index (χ1) is 16.5. The molecule has 10 heteroatoms. The van der Waals surface area contributed by atoms with E-state index in [4.69, 9.17) is 18.6 Å². The van der Waals surface area contributed by atoms with Crippen LogP contribution in [0.15, 0.2) is 23.0 Å². The molecule has 35 heavy (non-hydrogen) atoms. The SMILES string of the molecule is COC(=O)[C@@H]1C[C@H](OC(=O)CNC(C)=O)C(=O)[C@H]2[C@@]1(C)CC[C@H]1C(=O)O[C@H](c3ccoc3)C[C@]21C. The lowest BCUT2D eigenvalue weighted by Gasteiger charge is -2.61. The minimum Gasteiger partial charge on any atom is -0.472 e. The van der Waals surface area contributed by atoms with Gasteiger partial charge in [-0.05, 0) is 36.2 Å². The summed E-state index contributed by atoms with van der Waals surface area (Å²) in [4.78, 5) is 63.6. The van der Waals surface area contributed by atoms with E-state index in [1.54, 1.807) is 6.07 Å². The molecule has 0 spiro atoms. The monoisotopic (exact) mass is 489 g/mol. The van der Waals surface area contributed by atoms with E-state index in [9.17, 15) is 24.0 Å². The number of fused-ring (bicyclic) bond motifs is 3. The number of nitrogens with one attached hydrogen (secondary N) is 1. The van der Waals surface area contributed by atoms with E-state index in [2.05, 4.69) is 5.32 Å². The van der Waals surface area contributed by atoms with Crippen molar-refractivity contribution in [2.45, 2.75) is 58.7 Å². The number of Topliss-reactive ketones (excluding diaryl/α,β-unsaturated/α-hetero) is 1. The summed E-state index contributed by atoms with van der Waals surface area (Å²) in [7, 11) is 1.29. The Bertz CT molecular complexity index is 1030. The molecule has 4 rings (SSSR count). The number of cyclic esters (lactones) is 1. The largest absolute Gasteiger partial charge is 0.472 e. The summed E-state index contributed by atoms with van der Waals surface area (Å²) >= 11 is 0. The number of hydrogen-bond donors (Lipinski definition) is 1. The Hall–Kier alpha value is -3.17. The van der Waals surface area contributed by atoms with Gasteiger partial charge in [-0.1, -0.05) is 13.8 Å². The Kier molecular flexibility index (Phi) is 6.50. The Morgan fingerprint density at radius 3 is 2.57 bits per heavy atom. The molecular weight excluding hydrogens is 458 g/mol. The van der Waals surface area contributed by atoms with Gasteiger partial charge in [0, 0.05) is 24.8 Å². The molecule has 0 bridgehead atoms. The summed E-state index contributed by atoms with van der Waals surface area (Å²) in [6.07, 6.45) is 2.46. The van der Waals surface area contributed by atoms with Crippen molar-refractivity contribution in [3.63, 3.8) is 0 Å². The molecule has 1 amide bonds. The second-order valence-electron chi connectivity index (χ2n) is 10.3. The Labute approximate surface area is 203 Å². The molecule has 190 valence electrons. The molecule has 0 unspecified atom stereocenters. The zero-order valence-corrected chi connectivity index (χ0v) is 20.3. The fourth-order valence-corrected chi connectivity index (χ4v) is 6.66. The average Bonchev–Trinajstić information content (AvgIpc) is 3.33. The van der Waals surface area contributed by atoms with Gasteiger partial charge >= 0.3 is 17.9 Å². The lowest BCUT2D eigenvalue weighted by atomic mass is 9.43. The lowest BCUT2D eigenvalue weighted by molar-refractivity contribution is -0.210. The van der Waals surface area contributed by atoms with E-state index >= 15 is 0 Å². The van der Waals surface area contributed by atoms with Gasteiger partial charge in [-0.2, -0.15) is 0 Å². The first kappa shape index (κ1) is 24.9. The highest BCUT2D eigenvalue weighted by molar-refractivity contribution is 5.93. The highest BCUT2D eigenvalue weighted by atomic mass is 16.6. The van der Waals surface area contributed by atoms with Crippen molar-refractivity contribution in [2.75, 3.05) is 13.7 Å². The van der Waals surface area contributed by atoms with Crippen LogP contribution in [0.5, 0.6) is 0 Å². The van der Waals surface area contributed by atoms with Crippen LogP contribution in [0, 0.1) is 28.6 Å². The van der Waals surface area contributed by atoms with Crippen molar-refractivity contribution in [1.82, 2.24) is 5.32 Å². The third-order valence-electron chi connectivity index (χ3n) is 8.26. The topological polar surface area (TPSA) is 138 Å². The van der Waals surface area contributed by atoms with E-state index in [0.717, 1.165) is 0 Å². The summed E-state index contributed by atoms with van der Waals surface area (Å²) in [5, 5.41) is 2.35. The average molecular weight is 490 g/mol. The highest BCUT2D eigenvalue weighted by Gasteiger charge is 2.67. The molecule has 10 nitrogen and oxygen atoms in total. The van der Waals surface area contributed by atoms with Crippen LogP contribution in [0.1, 0.15) is 58.1 Å². The molecule has 1 aromatic rings. The van der Waals surface area contributed by atoms with E-state index in [0.29, 0.717) is 24.8 Å². The number of rotatable bonds is 5. The first-order valence-corrected chi connectivity index (χ1v) is 11.8. The second kappa shape index (κ2) is 9.13. The van der Waals surface area contributed by atoms with Gasteiger partial charge in [0.1, 0.15) is 12.6 Å². The van der Waals surface area contributed by atoms with Crippen molar-refractivity contribution < 1.29 is 42.6 Å². The summed E-state index contributed by atoms with van der Waals surface area (Å²) in [6, 6.07) is 1.72. The smallest absolute Gasteiger partial charge is 0.326 e. The zero-order chi connectivity index (χ0) is 25.5. The third-order valence-corrected chi connectivity index (χ3v) is 8.26. The molecule has 7 atom stereocenters. The summed E-state index contributed by atoms with van der Waals surface area (Å²) < 4.78 is 21.5. The molecule has 1 aromatic heterocycles. The fraction of sp³-hybridized carbons (Fsp3) is 0.640. The van der Waals surface area contributed by atoms with Crippen LogP contribution in [0.25, 0.3) is 0 Å². The van der Waals surface area contributed by atoms with Gasteiger partial charge in [0.15, 0.2) is 11.9 Å². The van der Waals surface area contributed by atoms with Crippen molar-refractivity contribution in [2.24, 2.45) is 28.6 Å². The summed E-state index contributed by atoms with van der Waals surface area (Å²) in [6.45, 7) is 4.65. The molecule has 3 aliphatic rings. The number of ketones is 1. The minimum absolute atomic E-state index is 0.0132. The number of carbonyl (C=O) groups excluding carboxylic acids is 5. The zero-order valence-electron chi connectivity index (χ0n) is 20.3. The summed E-state index contributed by atoms with van der Waals surface area (Å²) in [5.74, 6) is -4.40. The molecule has 3 fully saturated rings. The van der Waals surface area contributed by atoms with Crippen molar-refractivity contribution >= 4 is 29.6 Å². The van der Waals surface area contributed by atoms with E-state index in [1.165, 1.54) is 26.6 Å². The van der Waals surface area contributed by atoms with Gasteiger partial charge in [-0.25, -0.2) is 0 Å². The minimum atomic E-state index is -1.20. The first-order valence-electron chi connectivity index (χ1n) is 11.8. The molecular formula is C25H31NO9. The van der Waals surface area contributed by atoms with Gasteiger partial charge in [0.05, 0.1) is 31.5 Å². The van der Waals surface area contributed by atoms with Gasteiger partial charge in [-0.15, -0.1) is 0 Å². The Morgan fingerprint density at radius 2 is 1.94 bits per heavy atom. The van der Waals surface area contributed by atoms with Crippen molar-refractivity contribution in [1.29, 1.82) is 0 Å². The van der Waals surface area contributed by atoms with Crippen molar-refractivity contribution in [3.8, 4) is 0 Å². The number of ether oxygens (including phenoxy) is 3. The number of hydrogen-bond acceptors (Lipinski definition) is 9. The van der Waals surface area contributed by atoms with Gasteiger partial charge in [0.25, 0.3) is 0 Å². The standard InChI is InChI=1S/C25H31NO9/c1-13(27)26-11-19(28)34-17-9-16(22(30)32-4)24(2)7-5-15-23(31)35-18(14-6-8-33-12-14)10-25(15,3)21(24)20(17)29/h6,8,12,15-18,21H,5,7,9-11H2,1-4H3,(H,26,27)/t15-,16-,17-,18-,21-,24-,25-/m0/s1. The predicted octanol–water partition coefficient (Wildman–Crippen LogP) is 2.12. The maximum absolute atomic E-state index is 14.0. The highest BCUT2D eigenvalue weighted by Crippen LogP contribution is 2.65. The normalized spacial score (nSPS) is 36.3. The van der Waals surface area contributed by atoms with Gasteiger partial charge < -0.3 is 23.9 Å². The van der Waals surface area contributed by atoms with Gasteiger partial charge in [0.2, 0.25) is 5.91 Å². The number of amides is 1. The predicted molar refractivity (Wildman–Crippen MR) is 118 cm³/mol. The Morgan fingerprint density at radius 1 is 1.20 bits per heavy atom.